The van der Waals surface area contributed by atoms with Gasteiger partial charge in [0.05, 0.1) is 0 Å². The van der Waals surface area contributed by atoms with Crippen molar-refractivity contribution in [2.45, 2.75) is 33.6 Å². The zero-order valence-electron chi connectivity index (χ0n) is 11.9. The van der Waals surface area contributed by atoms with Gasteiger partial charge in [-0.05, 0) is 36.3 Å². The van der Waals surface area contributed by atoms with Gasteiger partial charge in [-0.3, -0.25) is 0 Å². The second kappa shape index (κ2) is 7.37. The van der Waals surface area contributed by atoms with Crippen molar-refractivity contribution in [3.63, 3.8) is 0 Å². The predicted octanol–water partition coefficient (Wildman–Crippen LogP) is 0.147. The van der Waals surface area contributed by atoms with E-state index in [2.05, 4.69) is 26.8 Å². The molecule has 0 radical (unpaired) electrons. The molecule has 98 valence electrons. The summed E-state index contributed by atoms with van der Waals surface area (Å²) in [5.74, 6) is 0.184. The molecule has 0 amide bonds. The molecule has 2 rings (SSSR count). The molecule has 0 atom stereocenters. The van der Waals surface area contributed by atoms with Gasteiger partial charge in [0.2, 0.25) is 0 Å². The zero-order chi connectivity index (χ0) is 12.5. The van der Waals surface area contributed by atoms with E-state index in [1.165, 1.54) is 0 Å². The Morgan fingerprint density at radius 1 is 1.16 bits per heavy atom. The second-order valence-corrected chi connectivity index (χ2v) is 5.38. The predicted molar refractivity (Wildman–Crippen MR) is 75.9 cm³/mol. The average Bonchev–Trinajstić information content (AvgIpc) is 2.28. The maximum absolute atomic E-state index is 12.5. The summed E-state index contributed by atoms with van der Waals surface area (Å²) in [4.78, 5) is 0. The third-order valence-corrected chi connectivity index (χ3v) is 3.55. The monoisotopic (exact) mass is 286 g/mol. The first-order valence-electron chi connectivity index (χ1n) is 6.17. The maximum Gasteiger partial charge on any atom is 2.00 e. The van der Waals surface area contributed by atoms with E-state index < -0.39 is 0 Å². The van der Waals surface area contributed by atoms with E-state index in [1.807, 2.05) is 30.3 Å². The molecule has 3 heteroatoms. The molecule has 1 aliphatic rings. The molecular formula is C16H19ClMgO. The normalized spacial score (nSPS) is 19.6. The Labute approximate surface area is 138 Å². The molecule has 0 aromatic heterocycles. The van der Waals surface area contributed by atoms with Gasteiger partial charge in [-0.15, -0.1) is 0 Å². The van der Waals surface area contributed by atoms with Crippen molar-refractivity contribution >= 4 is 28.8 Å². The van der Waals surface area contributed by atoms with E-state index in [4.69, 9.17) is 0 Å². The molecule has 0 unspecified atom stereocenters. The first kappa shape index (κ1) is 18.6. The minimum Gasteiger partial charge on any atom is -1.00 e. The van der Waals surface area contributed by atoms with Gasteiger partial charge >= 0.3 is 23.1 Å². The Morgan fingerprint density at radius 3 is 2.26 bits per heavy atom. The Kier molecular flexibility index (Phi) is 7.20. The number of rotatable bonds is 1. The molecule has 0 aliphatic heterocycles. The number of allylic oxidation sites excluding steroid dienone is 3. The van der Waals surface area contributed by atoms with Crippen molar-refractivity contribution < 1.29 is 17.5 Å². The summed E-state index contributed by atoms with van der Waals surface area (Å²) in [5, 5.41) is 12.5. The smallest absolute Gasteiger partial charge is 1.00 e. The van der Waals surface area contributed by atoms with Crippen LogP contribution in [0.4, 0.5) is 0 Å². The quantitative estimate of drug-likeness (QED) is 0.532. The standard InChI is InChI=1S/C16H20O.ClH.Mg/c1-12-8-7-11-16(2,3)14(12)15(17)13-9-5-4-6-10-13;;/h4-6,8-10,17H,7,11H2,1-3H3;1H;/q;;+2/p-2/b15-14-;;. The molecule has 0 heterocycles. The van der Waals surface area contributed by atoms with Crippen LogP contribution in [0.3, 0.4) is 0 Å². The average molecular weight is 287 g/mol. The fourth-order valence-corrected chi connectivity index (χ4v) is 2.63. The van der Waals surface area contributed by atoms with Crippen molar-refractivity contribution in [1.29, 1.82) is 0 Å². The van der Waals surface area contributed by atoms with Crippen molar-refractivity contribution in [2.75, 3.05) is 0 Å². The van der Waals surface area contributed by atoms with Crippen LogP contribution in [-0.4, -0.2) is 23.1 Å². The van der Waals surface area contributed by atoms with Gasteiger partial charge in [0.1, 0.15) is 0 Å². The zero-order valence-corrected chi connectivity index (χ0v) is 14.0. The molecule has 1 nitrogen and oxygen atoms in total. The van der Waals surface area contributed by atoms with E-state index in [0.29, 0.717) is 0 Å². The largest absolute Gasteiger partial charge is 2.00 e. The number of hydrogen-bond acceptors (Lipinski definition) is 1. The summed E-state index contributed by atoms with van der Waals surface area (Å²) in [6.45, 7) is 6.39. The van der Waals surface area contributed by atoms with Gasteiger partial charge < -0.3 is 17.5 Å². The van der Waals surface area contributed by atoms with Gasteiger partial charge in [0.15, 0.2) is 0 Å². The summed E-state index contributed by atoms with van der Waals surface area (Å²) in [5.41, 5.74) is 2.92. The molecule has 0 N–H and O–H groups in total. The summed E-state index contributed by atoms with van der Waals surface area (Å²) in [6.07, 6.45) is 4.31. The molecule has 0 spiro atoms. The van der Waals surface area contributed by atoms with Crippen molar-refractivity contribution in [2.24, 2.45) is 5.41 Å². The van der Waals surface area contributed by atoms with E-state index in [-0.39, 0.29) is 46.6 Å². The molecule has 0 bridgehead atoms. The van der Waals surface area contributed by atoms with Crippen LogP contribution in [-0.2, 0) is 0 Å². The summed E-state index contributed by atoms with van der Waals surface area (Å²) in [6, 6.07) is 9.57. The SMILES string of the molecule is CC1=CCCC(C)(C)/C1=C(\[O-])c1ccccc1.[Cl-].[Mg+2]. The van der Waals surface area contributed by atoms with Crippen LogP contribution in [0.5, 0.6) is 0 Å². The van der Waals surface area contributed by atoms with E-state index >= 15 is 0 Å². The van der Waals surface area contributed by atoms with Crippen LogP contribution < -0.4 is 17.5 Å². The number of halogens is 1. The van der Waals surface area contributed by atoms with Gasteiger partial charge in [-0.2, -0.15) is 0 Å². The minimum atomic E-state index is -0.00818. The van der Waals surface area contributed by atoms with Crippen LogP contribution in [0.1, 0.15) is 39.2 Å². The van der Waals surface area contributed by atoms with Crippen LogP contribution in [0.2, 0.25) is 0 Å². The van der Waals surface area contributed by atoms with Gasteiger partial charge in [0.25, 0.3) is 0 Å². The molecule has 0 fully saturated rings. The fraction of sp³-hybridized carbons (Fsp3) is 0.375. The molecule has 1 aliphatic carbocycles. The summed E-state index contributed by atoms with van der Waals surface area (Å²) < 4.78 is 0. The van der Waals surface area contributed by atoms with Crippen LogP contribution in [0, 0.1) is 5.41 Å². The topological polar surface area (TPSA) is 23.1 Å². The Bertz CT molecular complexity index is 475. The van der Waals surface area contributed by atoms with Crippen LogP contribution >= 0.6 is 0 Å². The van der Waals surface area contributed by atoms with Crippen LogP contribution in [0.15, 0.2) is 47.6 Å². The Hall–Kier alpha value is -0.444. The van der Waals surface area contributed by atoms with Gasteiger partial charge in [0, 0.05) is 0 Å². The van der Waals surface area contributed by atoms with E-state index in [1.54, 1.807) is 0 Å². The Balaban J connectivity index is 0.00000162. The van der Waals surface area contributed by atoms with E-state index in [9.17, 15) is 5.11 Å². The molecule has 1 aromatic carbocycles. The fourth-order valence-electron chi connectivity index (χ4n) is 2.63. The van der Waals surface area contributed by atoms with Crippen molar-refractivity contribution in [1.82, 2.24) is 0 Å². The first-order chi connectivity index (χ1) is 8.02. The summed E-state index contributed by atoms with van der Waals surface area (Å²) in [7, 11) is 0. The summed E-state index contributed by atoms with van der Waals surface area (Å²) >= 11 is 0. The second-order valence-electron chi connectivity index (χ2n) is 5.38. The molecular weight excluding hydrogens is 268 g/mol. The Morgan fingerprint density at radius 2 is 1.74 bits per heavy atom. The number of hydrogen-bond donors (Lipinski definition) is 0. The van der Waals surface area contributed by atoms with Gasteiger partial charge in [-0.25, -0.2) is 0 Å². The third kappa shape index (κ3) is 4.01. The number of benzene rings is 1. The third-order valence-electron chi connectivity index (χ3n) is 3.55. The molecule has 19 heavy (non-hydrogen) atoms. The van der Waals surface area contributed by atoms with Gasteiger partial charge in [-0.1, -0.05) is 61.6 Å². The molecule has 0 saturated carbocycles. The first-order valence-corrected chi connectivity index (χ1v) is 6.17. The molecule has 0 saturated heterocycles. The minimum absolute atomic E-state index is 0. The van der Waals surface area contributed by atoms with Crippen molar-refractivity contribution in [3.05, 3.63) is 53.1 Å². The maximum atomic E-state index is 12.5. The van der Waals surface area contributed by atoms with Crippen LogP contribution in [0.25, 0.3) is 5.76 Å². The van der Waals surface area contributed by atoms with Crippen molar-refractivity contribution in [3.8, 4) is 0 Å². The molecule has 1 aromatic rings. The van der Waals surface area contributed by atoms with E-state index in [0.717, 1.165) is 29.6 Å².